The van der Waals surface area contributed by atoms with Crippen LogP contribution in [0.15, 0.2) is 12.4 Å². The third kappa shape index (κ3) is 4.44. The van der Waals surface area contributed by atoms with E-state index in [4.69, 9.17) is 10.8 Å². The number of nitrogen functional groups attached to an aromatic ring is 1. The molecule has 1 heterocycles. The molecule has 0 unspecified atom stereocenters. The van der Waals surface area contributed by atoms with Crippen LogP contribution in [0, 0.1) is 5.41 Å². The van der Waals surface area contributed by atoms with Crippen molar-refractivity contribution in [3.63, 3.8) is 0 Å². The Morgan fingerprint density at radius 2 is 2.12 bits per heavy atom. The van der Waals surface area contributed by atoms with Gasteiger partial charge < -0.3 is 16.2 Å². The third-order valence-corrected chi connectivity index (χ3v) is 2.43. The molecule has 1 rings (SSSR count). The van der Waals surface area contributed by atoms with Crippen molar-refractivity contribution in [1.29, 1.82) is 0 Å². The van der Waals surface area contributed by atoms with Crippen LogP contribution in [0.2, 0.25) is 0 Å². The predicted octanol–water partition coefficient (Wildman–Crippen LogP) is 1.27. The van der Waals surface area contributed by atoms with Crippen LogP contribution < -0.4 is 11.1 Å². The minimum absolute atomic E-state index is 0.131. The summed E-state index contributed by atoms with van der Waals surface area (Å²) in [6.07, 6.45) is 4.95. The maximum atomic E-state index is 8.79. The summed E-state index contributed by atoms with van der Waals surface area (Å²) in [6.45, 7) is 5.34. The lowest BCUT2D eigenvalue weighted by molar-refractivity contribution is 0.248. The lowest BCUT2D eigenvalue weighted by atomic mass is 9.88. The SMILES string of the molecule is CC(C)(CCCO)CNc1cnc(N)cn1. The standard InChI is InChI=1S/C11H20N4O/c1-11(2,4-3-5-16)8-15-10-7-13-9(12)6-14-10/h6-7,16H,3-5,8H2,1-2H3,(H2,12,13)(H,14,15). The van der Waals surface area contributed by atoms with Gasteiger partial charge in [-0.3, -0.25) is 0 Å². The highest BCUT2D eigenvalue weighted by molar-refractivity contribution is 5.36. The molecule has 4 N–H and O–H groups in total. The first-order valence-corrected chi connectivity index (χ1v) is 5.46. The van der Waals surface area contributed by atoms with E-state index in [0.29, 0.717) is 5.82 Å². The van der Waals surface area contributed by atoms with Gasteiger partial charge >= 0.3 is 0 Å². The van der Waals surface area contributed by atoms with Crippen LogP contribution in [0.1, 0.15) is 26.7 Å². The van der Waals surface area contributed by atoms with E-state index in [1.54, 1.807) is 6.20 Å². The van der Waals surface area contributed by atoms with Gasteiger partial charge in [-0.1, -0.05) is 13.8 Å². The molecule has 0 aromatic carbocycles. The summed E-state index contributed by atoms with van der Waals surface area (Å²) in [5.74, 6) is 1.15. The molecule has 1 aromatic heterocycles. The summed E-state index contributed by atoms with van der Waals surface area (Å²) in [5.41, 5.74) is 5.58. The summed E-state index contributed by atoms with van der Waals surface area (Å²) in [4.78, 5) is 8.07. The molecular weight excluding hydrogens is 204 g/mol. The molecule has 5 nitrogen and oxygen atoms in total. The van der Waals surface area contributed by atoms with Gasteiger partial charge in [-0.2, -0.15) is 0 Å². The number of hydrogen-bond acceptors (Lipinski definition) is 5. The highest BCUT2D eigenvalue weighted by atomic mass is 16.2. The van der Waals surface area contributed by atoms with Gasteiger partial charge in [0.1, 0.15) is 11.6 Å². The predicted molar refractivity (Wildman–Crippen MR) is 65.0 cm³/mol. The van der Waals surface area contributed by atoms with E-state index in [2.05, 4.69) is 29.1 Å². The minimum Gasteiger partial charge on any atom is -0.396 e. The minimum atomic E-state index is 0.131. The number of aliphatic hydroxyl groups excluding tert-OH is 1. The average Bonchev–Trinajstić information content (AvgIpc) is 2.26. The number of nitrogens with two attached hydrogens (primary N) is 1. The molecule has 90 valence electrons. The lowest BCUT2D eigenvalue weighted by Crippen LogP contribution is -2.23. The maximum Gasteiger partial charge on any atom is 0.144 e. The van der Waals surface area contributed by atoms with Crippen molar-refractivity contribution < 1.29 is 5.11 Å². The average molecular weight is 224 g/mol. The summed E-state index contributed by atoms with van der Waals surface area (Å²) < 4.78 is 0. The van der Waals surface area contributed by atoms with Gasteiger partial charge in [0, 0.05) is 13.2 Å². The fraction of sp³-hybridized carbons (Fsp3) is 0.636. The monoisotopic (exact) mass is 224 g/mol. The van der Waals surface area contributed by atoms with Crippen molar-refractivity contribution in [2.24, 2.45) is 5.41 Å². The van der Waals surface area contributed by atoms with Crippen LogP contribution in [0.3, 0.4) is 0 Å². The second-order valence-electron chi connectivity index (χ2n) is 4.67. The number of rotatable bonds is 6. The zero-order valence-corrected chi connectivity index (χ0v) is 9.90. The van der Waals surface area contributed by atoms with Crippen molar-refractivity contribution in [1.82, 2.24) is 9.97 Å². The molecular formula is C11H20N4O. The zero-order chi connectivity index (χ0) is 12.0. The molecule has 16 heavy (non-hydrogen) atoms. The highest BCUT2D eigenvalue weighted by Crippen LogP contribution is 2.22. The van der Waals surface area contributed by atoms with Gasteiger partial charge in [0.15, 0.2) is 0 Å². The van der Waals surface area contributed by atoms with Crippen LogP contribution in [-0.2, 0) is 0 Å². The summed E-state index contributed by atoms with van der Waals surface area (Å²) in [5, 5.41) is 12.0. The summed E-state index contributed by atoms with van der Waals surface area (Å²) in [6, 6.07) is 0. The fourth-order valence-electron chi connectivity index (χ4n) is 1.41. The Kier molecular flexibility index (Phi) is 4.49. The Hall–Kier alpha value is -1.36. The molecule has 0 aliphatic rings. The van der Waals surface area contributed by atoms with Crippen LogP contribution in [0.4, 0.5) is 11.6 Å². The smallest absolute Gasteiger partial charge is 0.144 e. The van der Waals surface area contributed by atoms with E-state index in [0.717, 1.165) is 25.2 Å². The molecule has 0 amide bonds. The van der Waals surface area contributed by atoms with Crippen LogP contribution in [0.5, 0.6) is 0 Å². The van der Waals surface area contributed by atoms with Gasteiger partial charge in [0.2, 0.25) is 0 Å². The van der Waals surface area contributed by atoms with Gasteiger partial charge in [-0.15, -0.1) is 0 Å². The summed E-state index contributed by atoms with van der Waals surface area (Å²) >= 11 is 0. The second kappa shape index (κ2) is 5.65. The summed E-state index contributed by atoms with van der Waals surface area (Å²) in [7, 11) is 0. The van der Waals surface area contributed by atoms with E-state index in [1.165, 1.54) is 6.20 Å². The molecule has 5 heteroatoms. The third-order valence-electron chi connectivity index (χ3n) is 2.43. The molecule has 0 atom stereocenters. The van der Waals surface area contributed by atoms with Crippen LogP contribution in [-0.4, -0.2) is 28.2 Å². The topological polar surface area (TPSA) is 84.1 Å². The highest BCUT2D eigenvalue weighted by Gasteiger charge is 2.16. The molecule has 0 aliphatic heterocycles. The molecule has 0 saturated heterocycles. The first-order valence-electron chi connectivity index (χ1n) is 5.46. The Bertz CT molecular complexity index is 310. The normalized spacial score (nSPS) is 11.4. The first kappa shape index (κ1) is 12.7. The van der Waals surface area contributed by atoms with Gasteiger partial charge in [0.25, 0.3) is 0 Å². The van der Waals surface area contributed by atoms with Gasteiger partial charge in [0.05, 0.1) is 12.4 Å². The van der Waals surface area contributed by atoms with Crippen molar-refractivity contribution >= 4 is 11.6 Å². The van der Waals surface area contributed by atoms with Crippen molar-refractivity contribution in [3.05, 3.63) is 12.4 Å². The Balaban J connectivity index is 2.41. The van der Waals surface area contributed by atoms with Gasteiger partial charge in [-0.25, -0.2) is 9.97 Å². The number of hydrogen-bond donors (Lipinski definition) is 3. The van der Waals surface area contributed by atoms with E-state index in [1.807, 2.05) is 0 Å². The van der Waals surface area contributed by atoms with Gasteiger partial charge in [-0.05, 0) is 18.3 Å². The quantitative estimate of drug-likeness (QED) is 0.677. The number of aromatic nitrogens is 2. The van der Waals surface area contributed by atoms with Crippen LogP contribution in [0.25, 0.3) is 0 Å². The molecule has 0 saturated carbocycles. The molecule has 1 aromatic rings. The molecule has 0 radical (unpaired) electrons. The lowest BCUT2D eigenvalue weighted by Gasteiger charge is -2.24. The largest absolute Gasteiger partial charge is 0.396 e. The maximum absolute atomic E-state index is 8.79. The molecule has 0 spiro atoms. The Morgan fingerprint density at radius 1 is 1.38 bits per heavy atom. The van der Waals surface area contributed by atoms with E-state index < -0.39 is 0 Å². The van der Waals surface area contributed by atoms with E-state index in [9.17, 15) is 0 Å². The number of anilines is 2. The van der Waals surface area contributed by atoms with Crippen molar-refractivity contribution in [2.75, 3.05) is 24.2 Å². The second-order valence-corrected chi connectivity index (χ2v) is 4.67. The molecule has 0 bridgehead atoms. The Morgan fingerprint density at radius 3 is 2.69 bits per heavy atom. The first-order chi connectivity index (χ1) is 7.53. The number of aliphatic hydroxyl groups is 1. The zero-order valence-electron chi connectivity index (χ0n) is 9.90. The molecule has 0 fully saturated rings. The van der Waals surface area contributed by atoms with Crippen molar-refractivity contribution in [2.45, 2.75) is 26.7 Å². The fourth-order valence-corrected chi connectivity index (χ4v) is 1.41. The Labute approximate surface area is 96.1 Å². The number of nitrogens with zero attached hydrogens (tertiary/aromatic N) is 2. The van der Waals surface area contributed by atoms with Crippen molar-refractivity contribution in [3.8, 4) is 0 Å². The molecule has 0 aliphatic carbocycles. The van der Waals surface area contributed by atoms with Crippen LogP contribution >= 0.6 is 0 Å². The number of nitrogens with one attached hydrogen (secondary N) is 1. The van der Waals surface area contributed by atoms with E-state index >= 15 is 0 Å². The van der Waals surface area contributed by atoms with E-state index in [-0.39, 0.29) is 12.0 Å².